The van der Waals surface area contributed by atoms with Crippen molar-refractivity contribution in [3.05, 3.63) is 70.8 Å². The molecule has 146 valence electrons. The van der Waals surface area contributed by atoms with E-state index >= 15 is 0 Å². The van der Waals surface area contributed by atoms with Gasteiger partial charge in [0.15, 0.2) is 0 Å². The zero-order valence-electron chi connectivity index (χ0n) is 14.9. The predicted octanol–water partition coefficient (Wildman–Crippen LogP) is 2.25. The van der Waals surface area contributed by atoms with Crippen molar-refractivity contribution in [2.75, 3.05) is 7.11 Å². The van der Waals surface area contributed by atoms with Gasteiger partial charge in [0.25, 0.3) is 11.8 Å². The summed E-state index contributed by atoms with van der Waals surface area (Å²) in [6.45, 7) is 0.0360. The zero-order valence-corrected chi connectivity index (χ0v) is 16.5. The molecule has 0 radical (unpaired) electrons. The van der Waals surface area contributed by atoms with Crippen LogP contribution in [0.25, 0.3) is 0 Å². The Bertz CT molecular complexity index is 1030. The van der Waals surface area contributed by atoms with Gasteiger partial charge in [-0.15, -0.1) is 0 Å². The Hall–Kier alpha value is -2.68. The molecule has 9 heteroatoms. The van der Waals surface area contributed by atoms with E-state index in [1.807, 2.05) is 0 Å². The Morgan fingerprint density at radius 2 is 1.61 bits per heavy atom. The molecule has 2 aromatic carbocycles. The highest BCUT2D eigenvalue weighted by Gasteiger charge is 2.25. The maximum atomic E-state index is 12.8. The van der Waals surface area contributed by atoms with E-state index in [-0.39, 0.29) is 23.7 Å². The smallest absolute Gasteiger partial charge is 0.253 e. The molecule has 2 aromatic rings. The molecule has 0 atom stereocenters. The quantitative estimate of drug-likeness (QED) is 0.693. The number of imide groups is 1. The van der Waals surface area contributed by atoms with Crippen molar-refractivity contribution < 1.29 is 22.7 Å². The van der Waals surface area contributed by atoms with Crippen molar-refractivity contribution in [1.29, 1.82) is 0 Å². The molecule has 1 heterocycles. The van der Waals surface area contributed by atoms with Gasteiger partial charge in [-0.2, -0.15) is 0 Å². The van der Waals surface area contributed by atoms with Gasteiger partial charge in [-0.05, 0) is 35.4 Å². The van der Waals surface area contributed by atoms with Crippen molar-refractivity contribution in [2.24, 2.45) is 0 Å². The lowest BCUT2D eigenvalue weighted by Crippen LogP contribution is -2.29. The van der Waals surface area contributed by atoms with E-state index in [0.717, 1.165) is 10.5 Å². The number of carbonyl (C=O) groups excluding carboxylic acids is 2. The molecule has 1 N–H and O–H groups in total. The van der Waals surface area contributed by atoms with E-state index in [2.05, 4.69) is 4.72 Å². The molecule has 0 unspecified atom stereocenters. The summed E-state index contributed by atoms with van der Waals surface area (Å²) in [4.78, 5) is 24.4. The molecule has 28 heavy (non-hydrogen) atoms. The lowest BCUT2D eigenvalue weighted by Gasteiger charge is -2.16. The summed E-state index contributed by atoms with van der Waals surface area (Å²) in [7, 11) is -2.54. The molecule has 0 aromatic heterocycles. The third-order valence-electron chi connectivity index (χ3n) is 4.14. The minimum Gasteiger partial charge on any atom is -0.495 e. The Labute approximate surface area is 167 Å². The first kappa shape index (κ1) is 20.1. The van der Waals surface area contributed by atoms with Crippen LogP contribution in [0.4, 0.5) is 0 Å². The molecule has 0 bridgehead atoms. The predicted molar refractivity (Wildman–Crippen MR) is 103 cm³/mol. The van der Waals surface area contributed by atoms with Crippen LogP contribution >= 0.6 is 11.6 Å². The van der Waals surface area contributed by atoms with Gasteiger partial charge in [0, 0.05) is 23.7 Å². The van der Waals surface area contributed by atoms with Gasteiger partial charge in [0.1, 0.15) is 10.6 Å². The third-order valence-corrected chi connectivity index (χ3v) is 5.81. The summed E-state index contributed by atoms with van der Waals surface area (Å²) in [5, 5.41) is 0.557. The molecule has 2 amide bonds. The van der Waals surface area contributed by atoms with Crippen LogP contribution in [-0.2, 0) is 32.7 Å². The number of rotatable bonds is 7. The maximum absolute atomic E-state index is 12.8. The first-order chi connectivity index (χ1) is 13.3. The standard InChI is InChI=1S/C19H17ClN2O5S/c1-27-16-7-4-14(12-22-18(23)8-9-19(22)24)10-17(16)28(25,26)21-11-13-2-5-15(20)6-3-13/h2-10,21H,11-12H2,1H3. The second-order valence-corrected chi connectivity index (χ2v) is 8.20. The number of methoxy groups -OCH3 is 1. The molecule has 1 aliphatic rings. The number of hydrogen-bond acceptors (Lipinski definition) is 5. The van der Waals surface area contributed by atoms with Gasteiger partial charge in [-0.3, -0.25) is 14.5 Å². The number of halogens is 1. The lowest BCUT2D eigenvalue weighted by molar-refractivity contribution is -0.137. The van der Waals surface area contributed by atoms with Crippen LogP contribution < -0.4 is 9.46 Å². The van der Waals surface area contributed by atoms with Crippen molar-refractivity contribution in [2.45, 2.75) is 18.0 Å². The summed E-state index contributed by atoms with van der Waals surface area (Å²) >= 11 is 5.83. The van der Waals surface area contributed by atoms with Crippen LogP contribution in [-0.4, -0.2) is 32.2 Å². The maximum Gasteiger partial charge on any atom is 0.253 e. The molecule has 1 aliphatic heterocycles. The summed E-state index contributed by atoms with van der Waals surface area (Å²) < 4.78 is 33.3. The molecule has 3 rings (SSSR count). The number of amides is 2. The fourth-order valence-corrected chi connectivity index (χ4v) is 4.02. The van der Waals surface area contributed by atoms with Crippen molar-refractivity contribution in [3.8, 4) is 5.75 Å². The third kappa shape index (κ3) is 4.41. The summed E-state index contributed by atoms with van der Waals surface area (Å²) in [5.41, 5.74) is 1.22. The molecule has 0 aliphatic carbocycles. The molecule has 0 fully saturated rings. The van der Waals surface area contributed by atoms with Gasteiger partial charge >= 0.3 is 0 Å². The van der Waals surface area contributed by atoms with Crippen molar-refractivity contribution in [1.82, 2.24) is 9.62 Å². The minimum absolute atomic E-state index is 0.0334. The number of carbonyl (C=O) groups is 2. The van der Waals surface area contributed by atoms with E-state index in [9.17, 15) is 18.0 Å². The average molecular weight is 421 g/mol. The van der Waals surface area contributed by atoms with Gasteiger partial charge in [0.05, 0.1) is 13.7 Å². The van der Waals surface area contributed by atoms with Gasteiger partial charge in [-0.1, -0.05) is 29.8 Å². The summed E-state index contributed by atoms with van der Waals surface area (Å²) in [6, 6.07) is 11.3. The monoisotopic (exact) mass is 420 g/mol. The van der Waals surface area contributed by atoms with Crippen LogP contribution in [0.1, 0.15) is 11.1 Å². The SMILES string of the molecule is COc1ccc(CN2C(=O)C=CC2=O)cc1S(=O)(=O)NCc1ccc(Cl)cc1. The van der Waals surface area contributed by atoms with Crippen LogP contribution in [0, 0.1) is 0 Å². The van der Waals surface area contributed by atoms with Crippen LogP contribution in [0.3, 0.4) is 0 Å². The molecular formula is C19H17ClN2O5S. The second-order valence-electron chi connectivity index (χ2n) is 6.03. The number of nitrogens with zero attached hydrogens (tertiary/aromatic N) is 1. The largest absolute Gasteiger partial charge is 0.495 e. The van der Waals surface area contributed by atoms with E-state index < -0.39 is 21.8 Å². The first-order valence-corrected chi connectivity index (χ1v) is 10.1. The van der Waals surface area contributed by atoms with E-state index in [1.54, 1.807) is 30.3 Å². The minimum atomic E-state index is -3.91. The fourth-order valence-electron chi connectivity index (χ4n) is 2.66. The molecule has 7 nitrogen and oxygen atoms in total. The molecule has 0 saturated heterocycles. The topological polar surface area (TPSA) is 92.8 Å². The number of nitrogens with one attached hydrogen (secondary N) is 1. The van der Waals surface area contributed by atoms with Crippen LogP contribution in [0.5, 0.6) is 5.75 Å². The van der Waals surface area contributed by atoms with E-state index in [0.29, 0.717) is 10.6 Å². The Kier molecular flexibility index (Phi) is 5.83. The summed E-state index contributed by atoms with van der Waals surface area (Å²) in [6.07, 6.45) is 2.36. The number of sulfonamides is 1. The van der Waals surface area contributed by atoms with E-state index in [4.69, 9.17) is 16.3 Å². The number of hydrogen-bond donors (Lipinski definition) is 1. The Balaban J connectivity index is 1.83. The van der Waals surface area contributed by atoms with Gasteiger partial charge < -0.3 is 4.74 Å². The molecule has 0 saturated carbocycles. The molecule has 0 spiro atoms. The lowest BCUT2D eigenvalue weighted by atomic mass is 10.2. The van der Waals surface area contributed by atoms with E-state index in [1.165, 1.54) is 31.4 Å². The van der Waals surface area contributed by atoms with Crippen LogP contribution in [0.15, 0.2) is 59.5 Å². The van der Waals surface area contributed by atoms with Crippen LogP contribution in [0.2, 0.25) is 5.02 Å². The highest BCUT2D eigenvalue weighted by Crippen LogP contribution is 2.26. The zero-order chi connectivity index (χ0) is 20.3. The summed E-state index contributed by atoms with van der Waals surface area (Å²) in [5.74, 6) is -0.721. The second kappa shape index (κ2) is 8.14. The molecular weight excluding hydrogens is 404 g/mol. The normalized spacial score (nSPS) is 14.0. The van der Waals surface area contributed by atoms with Crippen molar-refractivity contribution >= 4 is 33.4 Å². The Morgan fingerprint density at radius 3 is 2.21 bits per heavy atom. The number of ether oxygens (including phenoxy) is 1. The highest BCUT2D eigenvalue weighted by atomic mass is 35.5. The van der Waals surface area contributed by atoms with Gasteiger partial charge in [-0.25, -0.2) is 13.1 Å². The average Bonchev–Trinajstić information content (AvgIpc) is 2.99. The van der Waals surface area contributed by atoms with Gasteiger partial charge in [0.2, 0.25) is 10.0 Å². The fraction of sp³-hybridized carbons (Fsp3) is 0.158. The number of benzene rings is 2. The Morgan fingerprint density at radius 1 is 1.00 bits per heavy atom. The first-order valence-electron chi connectivity index (χ1n) is 8.25. The van der Waals surface area contributed by atoms with Crippen molar-refractivity contribution in [3.63, 3.8) is 0 Å². The highest BCUT2D eigenvalue weighted by molar-refractivity contribution is 7.89.